The van der Waals surface area contributed by atoms with Crippen molar-refractivity contribution in [3.8, 4) is 10.4 Å². The third-order valence-electron chi connectivity index (χ3n) is 5.48. The Bertz CT molecular complexity index is 967. The van der Waals surface area contributed by atoms with E-state index in [4.69, 9.17) is 4.74 Å². The molecule has 0 spiro atoms. The molecule has 2 aromatic carbocycles. The van der Waals surface area contributed by atoms with Crippen LogP contribution in [0.3, 0.4) is 0 Å². The number of ether oxygens (including phenoxy) is 1. The molecule has 152 valence electrons. The Morgan fingerprint density at radius 2 is 1.86 bits per heavy atom. The van der Waals surface area contributed by atoms with Crippen LogP contribution in [0.5, 0.6) is 0 Å². The molecule has 3 nitrogen and oxygen atoms in total. The van der Waals surface area contributed by atoms with Crippen molar-refractivity contribution in [3.63, 3.8) is 0 Å². The van der Waals surface area contributed by atoms with Crippen molar-refractivity contribution in [2.24, 2.45) is 0 Å². The Hall–Kier alpha value is -2.05. The number of aliphatic hydroxyl groups excluding tert-OH is 2. The summed E-state index contributed by atoms with van der Waals surface area (Å²) in [6.45, 7) is 2.02. The van der Waals surface area contributed by atoms with Gasteiger partial charge in [-0.05, 0) is 53.4 Å². The van der Waals surface area contributed by atoms with Crippen LogP contribution in [0.2, 0.25) is 0 Å². The topological polar surface area (TPSA) is 49.7 Å². The van der Waals surface area contributed by atoms with Crippen molar-refractivity contribution >= 4 is 11.3 Å². The molecule has 1 saturated heterocycles. The van der Waals surface area contributed by atoms with Gasteiger partial charge in [0.15, 0.2) is 0 Å². The molecule has 29 heavy (non-hydrogen) atoms. The summed E-state index contributed by atoms with van der Waals surface area (Å²) >= 11 is 1.71. The van der Waals surface area contributed by atoms with Crippen molar-refractivity contribution in [1.29, 1.82) is 0 Å². The molecule has 1 aliphatic heterocycles. The zero-order chi connectivity index (χ0) is 20.4. The Balaban J connectivity index is 1.53. The fraction of sp³-hybridized carbons (Fsp3) is 0.333. The van der Waals surface area contributed by atoms with Gasteiger partial charge in [0.25, 0.3) is 0 Å². The van der Waals surface area contributed by atoms with Crippen molar-refractivity contribution < 1.29 is 19.3 Å². The number of rotatable bonds is 5. The van der Waals surface area contributed by atoms with Gasteiger partial charge in [0.2, 0.25) is 0 Å². The fourth-order valence-electron chi connectivity index (χ4n) is 3.83. The molecule has 5 heteroatoms. The van der Waals surface area contributed by atoms with E-state index in [9.17, 15) is 14.6 Å². The zero-order valence-electron chi connectivity index (χ0n) is 16.3. The molecule has 4 rings (SSSR count). The highest BCUT2D eigenvalue weighted by Gasteiger charge is 2.29. The van der Waals surface area contributed by atoms with E-state index in [0.717, 1.165) is 22.4 Å². The Morgan fingerprint density at radius 3 is 2.62 bits per heavy atom. The molecule has 2 heterocycles. The zero-order valence-corrected chi connectivity index (χ0v) is 17.2. The minimum Gasteiger partial charge on any atom is -0.394 e. The molecule has 1 fully saturated rings. The highest BCUT2D eigenvalue weighted by atomic mass is 32.1. The quantitative estimate of drug-likeness (QED) is 0.618. The van der Waals surface area contributed by atoms with Crippen molar-refractivity contribution in [1.82, 2.24) is 0 Å². The van der Waals surface area contributed by atoms with Gasteiger partial charge in [-0.1, -0.05) is 30.3 Å². The molecule has 0 bridgehead atoms. The van der Waals surface area contributed by atoms with Crippen LogP contribution in [-0.4, -0.2) is 29.0 Å². The van der Waals surface area contributed by atoms with Gasteiger partial charge in [-0.25, -0.2) is 4.39 Å². The number of hydrogen-bond donors (Lipinski definition) is 2. The summed E-state index contributed by atoms with van der Waals surface area (Å²) in [7, 11) is 0. The minimum atomic E-state index is -0.453. The first-order valence-corrected chi connectivity index (χ1v) is 10.7. The van der Waals surface area contributed by atoms with E-state index >= 15 is 0 Å². The summed E-state index contributed by atoms with van der Waals surface area (Å²) in [5.74, 6) is -0.226. The van der Waals surface area contributed by atoms with Gasteiger partial charge in [-0.3, -0.25) is 0 Å². The lowest BCUT2D eigenvalue weighted by molar-refractivity contribution is -0.113. The summed E-state index contributed by atoms with van der Waals surface area (Å²) in [5.41, 5.74) is 4.49. The highest BCUT2D eigenvalue weighted by Crippen LogP contribution is 2.34. The molecular formula is C24H25FO3S. The number of aliphatic hydroxyl groups is 2. The lowest BCUT2D eigenvalue weighted by atomic mass is 9.93. The second-order valence-electron chi connectivity index (χ2n) is 7.69. The SMILES string of the molecule is Cc1ccc([C@H]2C[C@@H](O)C[C@@H](CO)O2)cc1Cc1ccc(-c2ccc(F)cc2)s1. The first-order valence-electron chi connectivity index (χ1n) is 9.90. The minimum absolute atomic E-state index is 0.0758. The average molecular weight is 413 g/mol. The van der Waals surface area contributed by atoms with Gasteiger partial charge in [0.05, 0.1) is 24.9 Å². The summed E-state index contributed by atoms with van der Waals surface area (Å²) in [4.78, 5) is 2.36. The predicted octanol–water partition coefficient (Wildman–Crippen LogP) is 5.03. The largest absolute Gasteiger partial charge is 0.394 e. The first kappa shape index (κ1) is 20.2. The number of thiophene rings is 1. The van der Waals surface area contributed by atoms with Crippen LogP contribution in [0.15, 0.2) is 54.6 Å². The van der Waals surface area contributed by atoms with Gasteiger partial charge in [-0.15, -0.1) is 11.3 Å². The standard InChI is InChI=1S/C24H25FO3S/c1-15-2-3-17(23-13-20(27)12-21(14-26)28-23)10-18(15)11-22-8-9-24(29-22)16-4-6-19(25)7-5-16/h2-10,20-21,23,26-27H,11-14H2,1H3/t20-,21-,23+/m0/s1. The molecule has 0 saturated carbocycles. The number of aryl methyl sites for hydroxylation is 1. The summed E-state index contributed by atoms with van der Waals surface area (Å²) < 4.78 is 19.1. The maximum atomic E-state index is 13.2. The van der Waals surface area contributed by atoms with E-state index in [2.05, 4.69) is 31.2 Å². The van der Waals surface area contributed by atoms with Gasteiger partial charge in [0.1, 0.15) is 5.82 Å². The van der Waals surface area contributed by atoms with E-state index in [1.54, 1.807) is 23.5 Å². The Kier molecular flexibility index (Phi) is 6.11. The van der Waals surface area contributed by atoms with Crippen LogP contribution in [0.4, 0.5) is 4.39 Å². The number of hydrogen-bond acceptors (Lipinski definition) is 4. The second kappa shape index (κ2) is 8.76. The van der Waals surface area contributed by atoms with Crippen LogP contribution >= 0.6 is 11.3 Å². The maximum absolute atomic E-state index is 13.2. The van der Waals surface area contributed by atoms with Gasteiger partial charge >= 0.3 is 0 Å². The third-order valence-corrected chi connectivity index (χ3v) is 6.62. The molecule has 0 aliphatic carbocycles. The van der Waals surface area contributed by atoms with Gasteiger partial charge in [0, 0.05) is 29.0 Å². The lowest BCUT2D eigenvalue weighted by Crippen LogP contribution is -2.33. The summed E-state index contributed by atoms with van der Waals surface area (Å²) in [6, 6.07) is 17.1. The highest BCUT2D eigenvalue weighted by molar-refractivity contribution is 7.15. The molecule has 1 aromatic heterocycles. The fourth-order valence-corrected chi connectivity index (χ4v) is 4.87. The second-order valence-corrected chi connectivity index (χ2v) is 8.86. The van der Waals surface area contributed by atoms with Crippen LogP contribution in [0.25, 0.3) is 10.4 Å². The van der Waals surface area contributed by atoms with E-state index < -0.39 is 6.10 Å². The third kappa shape index (κ3) is 4.75. The number of halogens is 1. The molecule has 1 aliphatic rings. The molecule has 0 amide bonds. The van der Waals surface area contributed by atoms with Crippen LogP contribution in [0.1, 0.15) is 40.5 Å². The van der Waals surface area contributed by atoms with Gasteiger partial charge < -0.3 is 14.9 Å². The van der Waals surface area contributed by atoms with E-state index in [-0.39, 0.29) is 24.6 Å². The van der Waals surface area contributed by atoms with Crippen molar-refractivity contribution in [2.45, 2.75) is 44.5 Å². The first-order chi connectivity index (χ1) is 14.0. The molecular weight excluding hydrogens is 387 g/mol. The van der Waals surface area contributed by atoms with Crippen molar-refractivity contribution in [2.75, 3.05) is 6.61 Å². The van der Waals surface area contributed by atoms with E-state index in [0.29, 0.717) is 12.8 Å². The monoisotopic (exact) mass is 412 g/mol. The summed E-state index contributed by atoms with van der Waals surface area (Å²) in [5, 5.41) is 19.5. The van der Waals surface area contributed by atoms with Gasteiger partial charge in [-0.2, -0.15) is 0 Å². The molecule has 0 radical (unpaired) electrons. The lowest BCUT2D eigenvalue weighted by Gasteiger charge is -2.32. The molecule has 3 aromatic rings. The Morgan fingerprint density at radius 1 is 1.07 bits per heavy atom. The smallest absolute Gasteiger partial charge is 0.123 e. The normalized spacial score (nSPS) is 22.0. The average Bonchev–Trinajstić information content (AvgIpc) is 3.18. The van der Waals surface area contributed by atoms with Crippen LogP contribution in [0, 0.1) is 12.7 Å². The predicted molar refractivity (Wildman–Crippen MR) is 114 cm³/mol. The molecule has 0 unspecified atom stereocenters. The van der Waals surface area contributed by atoms with Crippen molar-refractivity contribution in [3.05, 3.63) is 82.0 Å². The Labute approximate surface area is 174 Å². The van der Waals surface area contributed by atoms with E-state index in [1.807, 2.05) is 6.07 Å². The molecule has 3 atom stereocenters. The van der Waals surface area contributed by atoms with Crippen LogP contribution in [-0.2, 0) is 11.2 Å². The summed E-state index contributed by atoms with van der Waals surface area (Å²) in [6.07, 6.45) is 0.868. The molecule has 2 N–H and O–H groups in total. The number of benzene rings is 2. The van der Waals surface area contributed by atoms with Crippen LogP contribution < -0.4 is 0 Å². The maximum Gasteiger partial charge on any atom is 0.123 e. The van der Waals surface area contributed by atoms with E-state index in [1.165, 1.54) is 28.1 Å².